The van der Waals surface area contributed by atoms with Gasteiger partial charge in [-0.1, -0.05) is 0 Å². The second kappa shape index (κ2) is 1.75. The van der Waals surface area contributed by atoms with Gasteiger partial charge in [0, 0.05) is 7.11 Å². The van der Waals surface area contributed by atoms with Crippen LogP contribution in [0.2, 0.25) is 0 Å². The first-order valence-corrected chi connectivity index (χ1v) is 2.79. The summed E-state index contributed by atoms with van der Waals surface area (Å²) in [6.07, 6.45) is 2.97. The predicted molar refractivity (Wildman–Crippen MR) is 29.2 cm³/mol. The van der Waals surface area contributed by atoms with Crippen molar-refractivity contribution in [3.8, 4) is 6.07 Å². The molecule has 44 valence electrons. The van der Waals surface area contributed by atoms with Crippen molar-refractivity contribution in [1.82, 2.24) is 0 Å². The van der Waals surface area contributed by atoms with Crippen LogP contribution < -0.4 is 0 Å². The normalized spacial score (nSPS) is 23.5. The van der Waals surface area contributed by atoms with Crippen LogP contribution in [-0.4, -0.2) is 12.7 Å². The van der Waals surface area contributed by atoms with Gasteiger partial charge >= 0.3 is 0 Å². The molecule has 1 aliphatic rings. The molecule has 0 N–H and O–H groups in total. The first-order valence-electron chi connectivity index (χ1n) is 2.79. The molecule has 1 saturated carbocycles. The van der Waals surface area contributed by atoms with Crippen molar-refractivity contribution in [1.29, 1.82) is 5.26 Å². The first-order chi connectivity index (χ1) is 3.83. The summed E-state index contributed by atoms with van der Waals surface area (Å²) in [7, 11) is 1.60. The second-order valence-corrected chi connectivity index (χ2v) is 2.16. The molecular formula is C6H9NO. The maximum absolute atomic E-state index is 8.46. The molecule has 0 aromatic carbocycles. The Morgan fingerprint density at radius 2 is 2.25 bits per heavy atom. The molecule has 0 saturated heterocycles. The first kappa shape index (κ1) is 5.58. The second-order valence-electron chi connectivity index (χ2n) is 2.16. The zero-order valence-electron chi connectivity index (χ0n) is 4.98. The molecule has 0 unspecified atom stereocenters. The van der Waals surface area contributed by atoms with Crippen LogP contribution in [0.15, 0.2) is 0 Å². The maximum atomic E-state index is 8.46. The summed E-state index contributed by atoms with van der Waals surface area (Å²) in [5, 5.41) is 8.46. The van der Waals surface area contributed by atoms with E-state index in [4.69, 9.17) is 10.00 Å². The summed E-state index contributed by atoms with van der Waals surface area (Å²) in [5.41, 5.74) is -0.389. The standard InChI is InChI=1S/C6H9NO/c1-8-6(5-7)3-2-4-6/h2-4H2,1H3. The molecule has 1 aliphatic carbocycles. The van der Waals surface area contributed by atoms with E-state index in [0.717, 1.165) is 19.3 Å². The van der Waals surface area contributed by atoms with Crippen LogP contribution in [0.3, 0.4) is 0 Å². The third kappa shape index (κ3) is 0.597. The van der Waals surface area contributed by atoms with E-state index >= 15 is 0 Å². The van der Waals surface area contributed by atoms with E-state index in [1.54, 1.807) is 7.11 Å². The van der Waals surface area contributed by atoms with E-state index in [1.807, 2.05) is 0 Å². The van der Waals surface area contributed by atoms with Crippen molar-refractivity contribution < 1.29 is 4.74 Å². The predicted octanol–water partition coefficient (Wildman–Crippen LogP) is 1.08. The fraction of sp³-hybridized carbons (Fsp3) is 0.833. The highest BCUT2D eigenvalue weighted by molar-refractivity contribution is 5.07. The number of ether oxygens (including phenoxy) is 1. The quantitative estimate of drug-likeness (QED) is 0.507. The Morgan fingerprint density at radius 3 is 2.25 bits per heavy atom. The van der Waals surface area contributed by atoms with Gasteiger partial charge in [0.05, 0.1) is 6.07 Å². The number of methoxy groups -OCH3 is 1. The summed E-state index contributed by atoms with van der Waals surface area (Å²) in [5.74, 6) is 0. The van der Waals surface area contributed by atoms with Gasteiger partial charge in [0.25, 0.3) is 0 Å². The summed E-state index contributed by atoms with van der Waals surface area (Å²) in [6, 6.07) is 2.14. The van der Waals surface area contributed by atoms with Crippen LogP contribution in [-0.2, 0) is 4.74 Å². The molecule has 0 aliphatic heterocycles. The van der Waals surface area contributed by atoms with Crippen LogP contribution >= 0.6 is 0 Å². The van der Waals surface area contributed by atoms with Gasteiger partial charge in [0.1, 0.15) is 0 Å². The lowest BCUT2D eigenvalue weighted by Gasteiger charge is -2.33. The molecule has 0 spiro atoms. The zero-order valence-corrected chi connectivity index (χ0v) is 4.98. The van der Waals surface area contributed by atoms with E-state index in [2.05, 4.69) is 6.07 Å². The molecule has 0 aromatic heterocycles. The Hall–Kier alpha value is -0.550. The zero-order chi connectivity index (χ0) is 6.04. The van der Waals surface area contributed by atoms with E-state index in [1.165, 1.54) is 0 Å². The molecule has 2 heteroatoms. The van der Waals surface area contributed by atoms with Crippen molar-refractivity contribution in [3.63, 3.8) is 0 Å². The van der Waals surface area contributed by atoms with Gasteiger partial charge in [0.2, 0.25) is 0 Å². The number of hydrogen-bond donors (Lipinski definition) is 0. The Kier molecular flexibility index (Phi) is 1.22. The van der Waals surface area contributed by atoms with Gasteiger partial charge in [-0.25, -0.2) is 0 Å². The van der Waals surface area contributed by atoms with Crippen LogP contribution in [0, 0.1) is 11.3 Å². The van der Waals surface area contributed by atoms with Crippen molar-refractivity contribution in [2.24, 2.45) is 0 Å². The molecule has 0 atom stereocenters. The molecule has 0 amide bonds. The van der Waals surface area contributed by atoms with E-state index < -0.39 is 0 Å². The van der Waals surface area contributed by atoms with E-state index in [9.17, 15) is 0 Å². The maximum Gasteiger partial charge on any atom is 0.153 e. The van der Waals surface area contributed by atoms with Crippen molar-refractivity contribution in [2.75, 3.05) is 7.11 Å². The van der Waals surface area contributed by atoms with Gasteiger partial charge in [-0.15, -0.1) is 0 Å². The third-order valence-corrected chi connectivity index (χ3v) is 1.76. The number of rotatable bonds is 1. The summed E-state index contributed by atoms with van der Waals surface area (Å²) >= 11 is 0. The van der Waals surface area contributed by atoms with Gasteiger partial charge < -0.3 is 4.74 Å². The number of nitriles is 1. The Labute approximate surface area is 49.1 Å². The summed E-state index contributed by atoms with van der Waals surface area (Å²) < 4.78 is 4.96. The highest BCUT2D eigenvalue weighted by Crippen LogP contribution is 2.33. The fourth-order valence-electron chi connectivity index (χ4n) is 0.859. The minimum absolute atomic E-state index is 0.389. The fourth-order valence-corrected chi connectivity index (χ4v) is 0.859. The largest absolute Gasteiger partial charge is 0.363 e. The van der Waals surface area contributed by atoms with Crippen LogP contribution in [0.1, 0.15) is 19.3 Å². The van der Waals surface area contributed by atoms with Crippen molar-refractivity contribution in [2.45, 2.75) is 24.9 Å². The topological polar surface area (TPSA) is 33.0 Å². The van der Waals surface area contributed by atoms with Crippen LogP contribution in [0.5, 0.6) is 0 Å². The molecule has 0 bridgehead atoms. The molecule has 1 rings (SSSR count). The molecule has 0 radical (unpaired) electrons. The lowest BCUT2D eigenvalue weighted by Crippen LogP contribution is -2.36. The van der Waals surface area contributed by atoms with Gasteiger partial charge in [-0.3, -0.25) is 0 Å². The monoisotopic (exact) mass is 111 g/mol. The van der Waals surface area contributed by atoms with E-state index in [0.29, 0.717) is 0 Å². The van der Waals surface area contributed by atoms with Crippen molar-refractivity contribution >= 4 is 0 Å². The lowest BCUT2D eigenvalue weighted by molar-refractivity contribution is -0.0232. The Balaban J connectivity index is 2.49. The Morgan fingerprint density at radius 1 is 1.62 bits per heavy atom. The molecule has 8 heavy (non-hydrogen) atoms. The van der Waals surface area contributed by atoms with Crippen LogP contribution in [0.25, 0.3) is 0 Å². The van der Waals surface area contributed by atoms with Crippen LogP contribution in [0.4, 0.5) is 0 Å². The Bertz CT molecular complexity index is 115. The number of nitrogens with zero attached hydrogens (tertiary/aromatic N) is 1. The van der Waals surface area contributed by atoms with Gasteiger partial charge in [-0.2, -0.15) is 5.26 Å². The highest BCUT2D eigenvalue weighted by atomic mass is 16.5. The average molecular weight is 111 g/mol. The summed E-state index contributed by atoms with van der Waals surface area (Å²) in [6.45, 7) is 0. The van der Waals surface area contributed by atoms with Gasteiger partial charge in [0.15, 0.2) is 5.60 Å². The highest BCUT2D eigenvalue weighted by Gasteiger charge is 2.36. The van der Waals surface area contributed by atoms with E-state index in [-0.39, 0.29) is 5.60 Å². The van der Waals surface area contributed by atoms with Gasteiger partial charge in [-0.05, 0) is 19.3 Å². The molecule has 2 nitrogen and oxygen atoms in total. The minimum atomic E-state index is -0.389. The number of hydrogen-bond acceptors (Lipinski definition) is 2. The smallest absolute Gasteiger partial charge is 0.153 e. The average Bonchev–Trinajstić information content (AvgIpc) is 1.67. The molecule has 0 heterocycles. The lowest BCUT2D eigenvalue weighted by atomic mass is 9.81. The molecule has 1 fully saturated rings. The molecular weight excluding hydrogens is 102 g/mol. The minimum Gasteiger partial charge on any atom is -0.363 e. The summed E-state index contributed by atoms with van der Waals surface area (Å²) in [4.78, 5) is 0. The third-order valence-electron chi connectivity index (χ3n) is 1.76. The van der Waals surface area contributed by atoms with Crippen molar-refractivity contribution in [3.05, 3.63) is 0 Å². The molecule has 0 aromatic rings. The SMILES string of the molecule is COC1(C#N)CCC1.